The summed E-state index contributed by atoms with van der Waals surface area (Å²) in [6.45, 7) is -0.522. The highest BCUT2D eigenvalue weighted by atomic mass is 32.2. The molecule has 0 amide bonds. The first kappa shape index (κ1) is 15.0. The third-order valence-electron chi connectivity index (χ3n) is 2.56. The van der Waals surface area contributed by atoms with Crippen molar-refractivity contribution in [3.8, 4) is 0 Å². The van der Waals surface area contributed by atoms with E-state index in [2.05, 4.69) is 4.72 Å². The van der Waals surface area contributed by atoms with Crippen LogP contribution in [-0.2, 0) is 23.2 Å². The molecule has 0 fully saturated rings. The molecule has 2 N–H and O–H groups in total. The van der Waals surface area contributed by atoms with E-state index in [-0.39, 0.29) is 23.6 Å². The van der Waals surface area contributed by atoms with Gasteiger partial charge in [0.1, 0.15) is 11.6 Å². The van der Waals surface area contributed by atoms with Gasteiger partial charge in [-0.25, -0.2) is 21.9 Å². The van der Waals surface area contributed by atoms with E-state index in [0.717, 1.165) is 17.4 Å². The minimum atomic E-state index is -3.79. The summed E-state index contributed by atoms with van der Waals surface area (Å²) in [4.78, 5) is 0.521. The molecule has 1 heterocycles. The van der Waals surface area contributed by atoms with Gasteiger partial charge in [-0.2, -0.15) is 0 Å². The Bertz CT molecular complexity index is 713. The van der Waals surface area contributed by atoms with Crippen molar-refractivity contribution < 1.29 is 22.3 Å². The molecular formula is C12H11F2NO3S2. The number of thiophene rings is 1. The zero-order valence-corrected chi connectivity index (χ0v) is 11.8. The van der Waals surface area contributed by atoms with Gasteiger partial charge in [-0.15, -0.1) is 11.3 Å². The molecule has 20 heavy (non-hydrogen) atoms. The third kappa shape index (κ3) is 3.40. The SMILES string of the molecule is O=S(=O)(NCc1ccc(F)cc1F)c1csc(CO)c1. The standard InChI is InChI=1S/C12H11F2NO3S2/c13-9-2-1-8(12(14)3-9)5-15-20(17,18)11-4-10(6-16)19-7-11/h1-4,7,15-16H,5-6H2. The van der Waals surface area contributed by atoms with Crippen LogP contribution >= 0.6 is 11.3 Å². The van der Waals surface area contributed by atoms with Crippen LogP contribution in [0.15, 0.2) is 34.5 Å². The summed E-state index contributed by atoms with van der Waals surface area (Å²) in [6, 6.07) is 4.27. The van der Waals surface area contributed by atoms with Gasteiger partial charge < -0.3 is 5.11 Å². The van der Waals surface area contributed by atoms with Crippen LogP contribution in [0.5, 0.6) is 0 Å². The normalized spacial score (nSPS) is 11.8. The third-order valence-corrected chi connectivity index (χ3v) is 5.01. The quantitative estimate of drug-likeness (QED) is 0.886. The number of sulfonamides is 1. The lowest BCUT2D eigenvalue weighted by Gasteiger charge is -2.06. The Morgan fingerprint density at radius 1 is 1.25 bits per heavy atom. The summed E-state index contributed by atoms with van der Waals surface area (Å²) in [7, 11) is -3.79. The Kier molecular flexibility index (Phi) is 4.48. The zero-order chi connectivity index (χ0) is 14.8. The second-order valence-electron chi connectivity index (χ2n) is 3.97. The molecule has 0 aliphatic rings. The second-order valence-corrected chi connectivity index (χ2v) is 6.73. The molecule has 0 bridgehead atoms. The zero-order valence-electron chi connectivity index (χ0n) is 10.1. The fourth-order valence-electron chi connectivity index (χ4n) is 1.51. The molecule has 1 aromatic carbocycles. The van der Waals surface area contributed by atoms with Crippen molar-refractivity contribution in [2.45, 2.75) is 18.0 Å². The summed E-state index contributed by atoms with van der Waals surface area (Å²) < 4.78 is 52.2. The second kappa shape index (κ2) is 5.96. The number of hydrogen-bond donors (Lipinski definition) is 2. The molecule has 0 aliphatic carbocycles. The van der Waals surface area contributed by atoms with Crippen LogP contribution in [0.2, 0.25) is 0 Å². The number of hydrogen-bond acceptors (Lipinski definition) is 4. The molecule has 108 valence electrons. The molecule has 0 aliphatic heterocycles. The maximum atomic E-state index is 13.4. The van der Waals surface area contributed by atoms with Crippen LogP contribution in [0.3, 0.4) is 0 Å². The Balaban J connectivity index is 2.13. The lowest BCUT2D eigenvalue weighted by molar-refractivity contribution is 0.285. The van der Waals surface area contributed by atoms with Crippen molar-refractivity contribution in [2.24, 2.45) is 0 Å². The van der Waals surface area contributed by atoms with Crippen LogP contribution in [0.4, 0.5) is 8.78 Å². The maximum Gasteiger partial charge on any atom is 0.241 e. The van der Waals surface area contributed by atoms with E-state index in [0.29, 0.717) is 10.9 Å². The van der Waals surface area contributed by atoms with Gasteiger partial charge >= 0.3 is 0 Å². The van der Waals surface area contributed by atoms with Gasteiger partial charge in [0.15, 0.2) is 0 Å². The predicted octanol–water partition coefficient (Wildman–Crippen LogP) is 2.00. The molecule has 0 saturated carbocycles. The Hall–Kier alpha value is -1.35. The van der Waals surface area contributed by atoms with Gasteiger partial charge in [-0.3, -0.25) is 0 Å². The van der Waals surface area contributed by atoms with E-state index >= 15 is 0 Å². The summed E-state index contributed by atoms with van der Waals surface area (Å²) in [5, 5.41) is 10.3. The van der Waals surface area contributed by atoms with Gasteiger partial charge in [0.25, 0.3) is 0 Å². The van der Waals surface area contributed by atoms with E-state index in [9.17, 15) is 17.2 Å². The number of aliphatic hydroxyl groups excluding tert-OH is 1. The average molecular weight is 319 g/mol. The first-order chi connectivity index (χ1) is 9.42. The van der Waals surface area contributed by atoms with Crippen molar-refractivity contribution in [1.82, 2.24) is 4.72 Å². The van der Waals surface area contributed by atoms with Crippen LogP contribution in [0.1, 0.15) is 10.4 Å². The predicted molar refractivity (Wildman–Crippen MR) is 70.6 cm³/mol. The minimum Gasteiger partial charge on any atom is -0.391 e. The van der Waals surface area contributed by atoms with Crippen molar-refractivity contribution >= 4 is 21.4 Å². The Labute approximate surface area is 118 Å². The number of nitrogens with one attached hydrogen (secondary N) is 1. The first-order valence-electron chi connectivity index (χ1n) is 5.54. The monoisotopic (exact) mass is 319 g/mol. The summed E-state index contributed by atoms with van der Waals surface area (Å²) >= 11 is 1.11. The Morgan fingerprint density at radius 2 is 2.00 bits per heavy atom. The molecule has 0 spiro atoms. The lowest BCUT2D eigenvalue weighted by Crippen LogP contribution is -2.23. The molecule has 0 radical (unpaired) electrons. The van der Waals surface area contributed by atoms with Gasteiger partial charge in [-0.05, 0) is 12.1 Å². The van der Waals surface area contributed by atoms with Crippen molar-refractivity contribution in [3.63, 3.8) is 0 Å². The molecular weight excluding hydrogens is 308 g/mol. The number of benzene rings is 1. The van der Waals surface area contributed by atoms with E-state index in [1.165, 1.54) is 17.5 Å². The first-order valence-corrected chi connectivity index (χ1v) is 7.90. The molecule has 4 nitrogen and oxygen atoms in total. The molecule has 0 unspecified atom stereocenters. The molecule has 8 heteroatoms. The van der Waals surface area contributed by atoms with Gasteiger partial charge in [-0.1, -0.05) is 6.07 Å². The topological polar surface area (TPSA) is 66.4 Å². The molecule has 2 aromatic rings. The maximum absolute atomic E-state index is 13.4. The smallest absolute Gasteiger partial charge is 0.241 e. The molecule has 0 saturated heterocycles. The van der Waals surface area contributed by atoms with Crippen LogP contribution in [-0.4, -0.2) is 13.5 Å². The lowest BCUT2D eigenvalue weighted by atomic mass is 10.2. The van der Waals surface area contributed by atoms with Crippen molar-refractivity contribution in [2.75, 3.05) is 0 Å². The van der Waals surface area contributed by atoms with Crippen LogP contribution in [0, 0.1) is 11.6 Å². The van der Waals surface area contributed by atoms with Gasteiger partial charge in [0.2, 0.25) is 10.0 Å². The Morgan fingerprint density at radius 3 is 2.60 bits per heavy atom. The van der Waals surface area contributed by atoms with Crippen molar-refractivity contribution in [1.29, 1.82) is 0 Å². The highest BCUT2D eigenvalue weighted by Gasteiger charge is 2.16. The van der Waals surface area contributed by atoms with Crippen LogP contribution < -0.4 is 4.72 Å². The van der Waals surface area contributed by atoms with E-state index in [4.69, 9.17) is 5.11 Å². The van der Waals surface area contributed by atoms with Gasteiger partial charge in [0, 0.05) is 28.4 Å². The highest BCUT2D eigenvalue weighted by molar-refractivity contribution is 7.89. The largest absolute Gasteiger partial charge is 0.391 e. The summed E-state index contributed by atoms with van der Waals surface area (Å²) in [5.41, 5.74) is 0.0487. The fourth-order valence-corrected chi connectivity index (χ4v) is 3.65. The van der Waals surface area contributed by atoms with Gasteiger partial charge in [0.05, 0.1) is 11.5 Å². The highest BCUT2D eigenvalue weighted by Crippen LogP contribution is 2.19. The van der Waals surface area contributed by atoms with E-state index in [1.807, 2.05) is 0 Å². The van der Waals surface area contributed by atoms with Crippen molar-refractivity contribution in [3.05, 3.63) is 51.7 Å². The number of aliphatic hydroxyl groups is 1. The molecule has 0 atom stereocenters. The van der Waals surface area contributed by atoms with E-state index in [1.54, 1.807) is 0 Å². The average Bonchev–Trinajstić information content (AvgIpc) is 2.87. The minimum absolute atomic E-state index is 0.00840. The molecule has 2 rings (SSSR count). The fraction of sp³-hybridized carbons (Fsp3) is 0.167. The number of rotatable bonds is 5. The molecule has 1 aromatic heterocycles. The number of halogens is 2. The summed E-state index contributed by atoms with van der Waals surface area (Å²) in [5.74, 6) is -1.53. The summed E-state index contributed by atoms with van der Waals surface area (Å²) in [6.07, 6.45) is 0. The van der Waals surface area contributed by atoms with E-state index < -0.39 is 21.7 Å². The van der Waals surface area contributed by atoms with Crippen LogP contribution in [0.25, 0.3) is 0 Å².